The van der Waals surface area contributed by atoms with Gasteiger partial charge >= 0.3 is 0 Å². The molecule has 1 aromatic heterocycles. The molecule has 0 radical (unpaired) electrons. The van der Waals surface area contributed by atoms with Gasteiger partial charge < -0.3 is 11.1 Å². The van der Waals surface area contributed by atoms with Gasteiger partial charge in [-0.15, -0.1) is 23.7 Å². The Balaban J connectivity index is 0.00000200. The minimum Gasteiger partial charge on any atom is -0.399 e. The van der Waals surface area contributed by atoms with E-state index in [0.29, 0.717) is 18.7 Å². The van der Waals surface area contributed by atoms with Gasteiger partial charge in [-0.3, -0.25) is 4.79 Å². The van der Waals surface area contributed by atoms with E-state index in [9.17, 15) is 4.79 Å². The van der Waals surface area contributed by atoms with Crippen LogP contribution in [0.25, 0.3) is 0 Å². The Hall–Kier alpha value is -1.59. The SMILES string of the molecule is Cc1nc(C)c(CNC(=O)Cc2cccc(N)c2)s1.Cl. The number of halogens is 1. The Morgan fingerprint density at radius 3 is 2.75 bits per heavy atom. The van der Waals surface area contributed by atoms with E-state index in [-0.39, 0.29) is 18.3 Å². The molecule has 0 saturated heterocycles. The van der Waals surface area contributed by atoms with Gasteiger partial charge in [0.25, 0.3) is 0 Å². The number of amides is 1. The number of carbonyl (C=O) groups is 1. The number of nitrogens with two attached hydrogens (primary N) is 1. The predicted octanol–water partition coefficient (Wildman–Crippen LogP) is 2.62. The Morgan fingerprint density at radius 1 is 1.40 bits per heavy atom. The molecular formula is C14H18ClN3OS. The van der Waals surface area contributed by atoms with Crippen LogP contribution in [0.1, 0.15) is 21.1 Å². The summed E-state index contributed by atoms with van der Waals surface area (Å²) in [4.78, 5) is 17.3. The molecule has 0 saturated carbocycles. The van der Waals surface area contributed by atoms with Crippen molar-refractivity contribution < 1.29 is 4.79 Å². The first-order chi connectivity index (χ1) is 9.04. The van der Waals surface area contributed by atoms with Crippen molar-refractivity contribution in [3.63, 3.8) is 0 Å². The third-order valence-electron chi connectivity index (χ3n) is 2.76. The number of carbonyl (C=O) groups excluding carboxylic acids is 1. The zero-order chi connectivity index (χ0) is 13.8. The summed E-state index contributed by atoms with van der Waals surface area (Å²) in [6.45, 7) is 4.47. The van der Waals surface area contributed by atoms with Crippen LogP contribution in [0.4, 0.5) is 5.69 Å². The molecule has 6 heteroatoms. The van der Waals surface area contributed by atoms with Crippen molar-refractivity contribution in [1.29, 1.82) is 0 Å². The van der Waals surface area contributed by atoms with Crippen molar-refractivity contribution in [2.45, 2.75) is 26.8 Å². The number of aryl methyl sites for hydroxylation is 2. The van der Waals surface area contributed by atoms with Crippen LogP contribution in [0.2, 0.25) is 0 Å². The molecule has 2 rings (SSSR count). The molecule has 0 fully saturated rings. The van der Waals surface area contributed by atoms with Crippen LogP contribution in [0, 0.1) is 13.8 Å². The zero-order valence-electron chi connectivity index (χ0n) is 11.5. The lowest BCUT2D eigenvalue weighted by atomic mass is 10.1. The minimum absolute atomic E-state index is 0. The van der Waals surface area contributed by atoms with Crippen LogP contribution in [-0.2, 0) is 17.8 Å². The quantitative estimate of drug-likeness (QED) is 0.853. The van der Waals surface area contributed by atoms with Crippen molar-refractivity contribution in [2.24, 2.45) is 0 Å². The van der Waals surface area contributed by atoms with E-state index in [0.717, 1.165) is 21.1 Å². The molecule has 20 heavy (non-hydrogen) atoms. The van der Waals surface area contributed by atoms with E-state index in [4.69, 9.17) is 5.73 Å². The topological polar surface area (TPSA) is 68.0 Å². The monoisotopic (exact) mass is 311 g/mol. The summed E-state index contributed by atoms with van der Waals surface area (Å²) >= 11 is 1.62. The molecule has 1 heterocycles. The lowest BCUT2D eigenvalue weighted by Crippen LogP contribution is -2.24. The highest BCUT2D eigenvalue weighted by Gasteiger charge is 2.07. The average molecular weight is 312 g/mol. The number of hydrogen-bond donors (Lipinski definition) is 2. The molecule has 0 atom stereocenters. The molecular weight excluding hydrogens is 294 g/mol. The van der Waals surface area contributed by atoms with E-state index >= 15 is 0 Å². The first kappa shape index (κ1) is 16.5. The molecule has 1 amide bonds. The fourth-order valence-electron chi connectivity index (χ4n) is 1.87. The summed E-state index contributed by atoms with van der Waals surface area (Å²) in [5.74, 6) is -0.00365. The Morgan fingerprint density at radius 2 is 2.15 bits per heavy atom. The number of rotatable bonds is 4. The van der Waals surface area contributed by atoms with Gasteiger partial charge in [-0.05, 0) is 31.5 Å². The van der Waals surface area contributed by atoms with Crippen LogP contribution in [-0.4, -0.2) is 10.9 Å². The van der Waals surface area contributed by atoms with Crippen LogP contribution in [0.3, 0.4) is 0 Å². The number of nitrogens with zero attached hydrogens (tertiary/aromatic N) is 1. The lowest BCUT2D eigenvalue weighted by molar-refractivity contribution is -0.120. The maximum atomic E-state index is 11.8. The van der Waals surface area contributed by atoms with Crippen LogP contribution in [0.15, 0.2) is 24.3 Å². The lowest BCUT2D eigenvalue weighted by Gasteiger charge is -2.05. The molecule has 0 aliphatic carbocycles. The number of thiazole rings is 1. The maximum Gasteiger partial charge on any atom is 0.224 e. The highest BCUT2D eigenvalue weighted by Crippen LogP contribution is 2.16. The number of nitrogens with one attached hydrogen (secondary N) is 1. The zero-order valence-corrected chi connectivity index (χ0v) is 13.1. The fourth-order valence-corrected chi connectivity index (χ4v) is 2.74. The van der Waals surface area contributed by atoms with E-state index in [1.165, 1.54) is 0 Å². The molecule has 0 spiro atoms. The molecule has 2 aromatic rings. The molecule has 0 unspecified atom stereocenters. The molecule has 1 aromatic carbocycles. The van der Waals surface area contributed by atoms with Gasteiger partial charge in [0.2, 0.25) is 5.91 Å². The van der Waals surface area contributed by atoms with E-state index < -0.39 is 0 Å². The Kier molecular flexibility index (Phi) is 5.98. The van der Waals surface area contributed by atoms with Gasteiger partial charge in [0.15, 0.2) is 0 Å². The van der Waals surface area contributed by atoms with E-state index in [1.54, 1.807) is 11.3 Å². The smallest absolute Gasteiger partial charge is 0.224 e. The number of hydrogen-bond acceptors (Lipinski definition) is 4. The van der Waals surface area contributed by atoms with Gasteiger partial charge in [0, 0.05) is 10.6 Å². The van der Waals surface area contributed by atoms with Crippen LogP contribution in [0.5, 0.6) is 0 Å². The molecule has 3 N–H and O–H groups in total. The number of benzene rings is 1. The summed E-state index contributed by atoms with van der Waals surface area (Å²) in [6, 6.07) is 7.39. The van der Waals surface area contributed by atoms with Gasteiger partial charge in [-0.1, -0.05) is 12.1 Å². The molecule has 108 valence electrons. The second-order valence-corrected chi connectivity index (χ2v) is 5.73. The van der Waals surface area contributed by atoms with Crippen LogP contribution >= 0.6 is 23.7 Å². The van der Waals surface area contributed by atoms with Crippen molar-refractivity contribution >= 4 is 35.3 Å². The molecule has 0 aliphatic heterocycles. The first-order valence-electron chi connectivity index (χ1n) is 6.08. The van der Waals surface area contributed by atoms with Crippen molar-refractivity contribution in [2.75, 3.05) is 5.73 Å². The van der Waals surface area contributed by atoms with Crippen LogP contribution < -0.4 is 11.1 Å². The summed E-state index contributed by atoms with van der Waals surface area (Å²) in [7, 11) is 0. The first-order valence-corrected chi connectivity index (χ1v) is 6.90. The summed E-state index contributed by atoms with van der Waals surface area (Å²) in [6.07, 6.45) is 0.349. The summed E-state index contributed by atoms with van der Waals surface area (Å²) in [5, 5.41) is 3.94. The summed E-state index contributed by atoms with van der Waals surface area (Å²) < 4.78 is 0. The van der Waals surface area contributed by atoms with Crippen molar-refractivity contribution in [1.82, 2.24) is 10.3 Å². The third-order valence-corrected chi connectivity index (χ3v) is 3.83. The van der Waals surface area contributed by atoms with Gasteiger partial charge in [-0.25, -0.2) is 4.98 Å². The van der Waals surface area contributed by atoms with Gasteiger partial charge in [0.05, 0.1) is 23.7 Å². The standard InChI is InChI=1S/C14H17N3OS.ClH/c1-9-13(19-10(2)17-9)8-16-14(18)7-11-4-3-5-12(15)6-11;/h3-6H,7-8,15H2,1-2H3,(H,16,18);1H. The van der Waals surface area contributed by atoms with Crippen molar-refractivity contribution in [3.05, 3.63) is 45.4 Å². The number of aromatic nitrogens is 1. The average Bonchev–Trinajstić information content (AvgIpc) is 2.65. The van der Waals surface area contributed by atoms with E-state index in [1.807, 2.05) is 38.1 Å². The molecule has 0 aliphatic rings. The maximum absolute atomic E-state index is 11.8. The second-order valence-electron chi connectivity index (χ2n) is 4.44. The normalized spacial score (nSPS) is 9.90. The minimum atomic E-state index is -0.00365. The third kappa shape index (κ3) is 4.51. The van der Waals surface area contributed by atoms with Gasteiger partial charge in [-0.2, -0.15) is 0 Å². The number of anilines is 1. The summed E-state index contributed by atoms with van der Waals surface area (Å²) in [5.41, 5.74) is 8.28. The second kappa shape index (κ2) is 7.26. The largest absolute Gasteiger partial charge is 0.399 e. The predicted molar refractivity (Wildman–Crippen MR) is 85.2 cm³/mol. The fraction of sp³-hybridized carbons (Fsp3) is 0.286. The number of nitrogen functional groups attached to an aromatic ring is 1. The molecule has 4 nitrogen and oxygen atoms in total. The Labute approximate surface area is 128 Å². The van der Waals surface area contributed by atoms with E-state index in [2.05, 4.69) is 10.3 Å². The van der Waals surface area contributed by atoms with Gasteiger partial charge in [0.1, 0.15) is 0 Å². The van der Waals surface area contributed by atoms with Crippen molar-refractivity contribution in [3.8, 4) is 0 Å². The Bertz CT molecular complexity index is 598. The molecule has 0 bridgehead atoms. The highest BCUT2D eigenvalue weighted by molar-refractivity contribution is 7.11. The highest BCUT2D eigenvalue weighted by atomic mass is 35.5.